The van der Waals surface area contributed by atoms with Crippen molar-refractivity contribution < 1.29 is 13.9 Å². The van der Waals surface area contributed by atoms with Crippen LogP contribution in [0.3, 0.4) is 0 Å². The smallest absolute Gasteiger partial charge is 0.258 e. The number of aryl methyl sites for hydroxylation is 2. The number of carbonyl (C=O) groups is 1. The molecular weight excluding hydrogens is 458 g/mol. The van der Waals surface area contributed by atoms with Gasteiger partial charge in [-0.25, -0.2) is 4.98 Å². The fourth-order valence-electron chi connectivity index (χ4n) is 3.99. The molecule has 0 saturated heterocycles. The Hall–Kier alpha value is -4.23. The van der Waals surface area contributed by atoms with Gasteiger partial charge in [0, 0.05) is 11.1 Å². The van der Waals surface area contributed by atoms with E-state index in [4.69, 9.17) is 21.4 Å². The Morgan fingerprint density at radius 3 is 2.57 bits per heavy atom. The summed E-state index contributed by atoms with van der Waals surface area (Å²) in [6, 6.07) is 22.8. The topological polar surface area (TPSA) is 76.4 Å². The van der Waals surface area contributed by atoms with Gasteiger partial charge in [-0.3, -0.25) is 10.1 Å². The molecule has 0 spiro atoms. The molecule has 7 heteroatoms. The predicted molar refractivity (Wildman–Crippen MR) is 143 cm³/mol. The number of benzene rings is 4. The monoisotopic (exact) mass is 481 g/mol. The maximum atomic E-state index is 13.0. The summed E-state index contributed by atoms with van der Waals surface area (Å²) in [5, 5.41) is 7.84. The Morgan fingerprint density at radius 1 is 0.971 bits per heavy atom. The van der Waals surface area contributed by atoms with Crippen molar-refractivity contribution in [2.45, 2.75) is 13.8 Å². The summed E-state index contributed by atoms with van der Waals surface area (Å²) in [7, 11) is 1.57. The summed E-state index contributed by atoms with van der Waals surface area (Å²) >= 11 is 5.45. The number of anilines is 1. The SMILES string of the molecule is COc1ccc(-c2nc3cc(C)c(C)cc3o2)cc1NC(=S)NC(=O)c1cccc2ccccc12. The molecule has 35 heavy (non-hydrogen) atoms. The second-order valence-corrected chi connectivity index (χ2v) is 8.68. The molecule has 1 amide bonds. The van der Waals surface area contributed by atoms with Crippen LogP contribution in [0.1, 0.15) is 21.5 Å². The van der Waals surface area contributed by atoms with Gasteiger partial charge in [0.25, 0.3) is 5.91 Å². The molecule has 174 valence electrons. The molecule has 0 saturated carbocycles. The third-order valence-electron chi connectivity index (χ3n) is 5.96. The van der Waals surface area contributed by atoms with Gasteiger partial charge in [-0.15, -0.1) is 0 Å². The summed E-state index contributed by atoms with van der Waals surface area (Å²) in [4.78, 5) is 17.6. The summed E-state index contributed by atoms with van der Waals surface area (Å²) in [6.45, 7) is 4.09. The van der Waals surface area contributed by atoms with Crippen molar-refractivity contribution in [1.29, 1.82) is 0 Å². The predicted octanol–water partition coefficient (Wildman–Crippen LogP) is 6.40. The van der Waals surface area contributed by atoms with E-state index >= 15 is 0 Å². The van der Waals surface area contributed by atoms with Crippen LogP contribution >= 0.6 is 12.2 Å². The number of oxazole rings is 1. The van der Waals surface area contributed by atoms with Gasteiger partial charge in [-0.05, 0) is 84.4 Å². The molecule has 5 aromatic rings. The third kappa shape index (κ3) is 4.46. The van der Waals surface area contributed by atoms with Crippen molar-refractivity contribution in [2.75, 3.05) is 12.4 Å². The lowest BCUT2D eigenvalue weighted by Gasteiger charge is -2.14. The molecule has 0 aliphatic rings. The zero-order valence-electron chi connectivity index (χ0n) is 19.5. The minimum absolute atomic E-state index is 0.155. The van der Waals surface area contributed by atoms with Gasteiger partial charge >= 0.3 is 0 Å². The highest BCUT2D eigenvalue weighted by molar-refractivity contribution is 7.80. The van der Waals surface area contributed by atoms with Crippen LogP contribution in [0.15, 0.2) is 77.2 Å². The first-order valence-corrected chi connectivity index (χ1v) is 11.5. The Bertz CT molecular complexity index is 1560. The molecule has 0 atom stereocenters. The first kappa shape index (κ1) is 22.6. The van der Waals surface area contributed by atoms with Crippen LogP contribution in [0.4, 0.5) is 5.69 Å². The Morgan fingerprint density at radius 2 is 1.74 bits per heavy atom. The molecule has 5 rings (SSSR count). The Kier molecular flexibility index (Phi) is 5.93. The zero-order chi connectivity index (χ0) is 24.5. The lowest BCUT2D eigenvalue weighted by Crippen LogP contribution is -2.34. The number of methoxy groups -OCH3 is 1. The molecule has 1 aromatic heterocycles. The zero-order valence-corrected chi connectivity index (χ0v) is 20.3. The molecule has 2 N–H and O–H groups in total. The van der Waals surface area contributed by atoms with Crippen molar-refractivity contribution in [3.8, 4) is 17.2 Å². The minimum Gasteiger partial charge on any atom is -0.495 e. The lowest BCUT2D eigenvalue weighted by atomic mass is 10.0. The van der Waals surface area contributed by atoms with E-state index in [2.05, 4.69) is 15.6 Å². The normalized spacial score (nSPS) is 10.9. The van der Waals surface area contributed by atoms with Gasteiger partial charge in [-0.2, -0.15) is 0 Å². The van der Waals surface area contributed by atoms with Gasteiger partial charge in [0.05, 0.1) is 12.8 Å². The summed E-state index contributed by atoms with van der Waals surface area (Å²) < 4.78 is 11.5. The standard InChI is InChI=1S/C28H23N3O3S/c1-16-13-22-25(14-17(16)2)34-27(29-22)19-11-12-24(33-3)23(15-19)30-28(35)31-26(32)21-10-6-8-18-7-4-5-9-20(18)21/h4-15H,1-3H3,(H2,30,31,32,35). The van der Waals surface area contributed by atoms with Gasteiger partial charge in [0.15, 0.2) is 10.7 Å². The molecule has 0 aliphatic carbocycles. The average molecular weight is 482 g/mol. The largest absolute Gasteiger partial charge is 0.495 e. The van der Waals surface area contributed by atoms with Gasteiger partial charge < -0.3 is 14.5 Å². The molecule has 1 heterocycles. The van der Waals surface area contributed by atoms with Crippen molar-refractivity contribution in [3.63, 3.8) is 0 Å². The number of carbonyl (C=O) groups excluding carboxylic acids is 1. The fourth-order valence-corrected chi connectivity index (χ4v) is 4.19. The van der Waals surface area contributed by atoms with E-state index in [1.165, 1.54) is 0 Å². The van der Waals surface area contributed by atoms with Gasteiger partial charge in [0.1, 0.15) is 11.3 Å². The maximum absolute atomic E-state index is 13.0. The second-order valence-electron chi connectivity index (χ2n) is 8.27. The van der Waals surface area contributed by atoms with E-state index in [9.17, 15) is 4.79 Å². The van der Waals surface area contributed by atoms with Crippen molar-refractivity contribution in [3.05, 3.63) is 89.5 Å². The van der Waals surface area contributed by atoms with Gasteiger partial charge in [-0.1, -0.05) is 36.4 Å². The number of rotatable bonds is 4. The number of nitrogens with zero attached hydrogens (tertiary/aromatic N) is 1. The molecule has 0 bridgehead atoms. The quantitative estimate of drug-likeness (QED) is 0.289. The highest BCUT2D eigenvalue weighted by Crippen LogP contribution is 2.32. The van der Waals surface area contributed by atoms with E-state index in [1.54, 1.807) is 19.2 Å². The molecule has 0 aliphatic heterocycles. The molecule has 6 nitrogen and oxygen atoms in total. The van der Waals surface area contributed by atoms with Crippen LogP contribution in [0.5, 0.6) is 5.75 Å². The summed E-state index contributed by atoms with van der Waals surface area (Å²) in [5.74, 6) is 0.763. The molecule has 0 radical (unpaired) electrons. The van der Waals surface area contributed by atoms with E-state index in [0.29, 0.717) is 22.9 Å². The Labute approximate surface area is 207 Å². The fraction of sp³-hybridized carbons (Fsp3) is 0.107. The maximum Gasteiger partial charge on any atom is 0.258 e. The number of thiocarbonyl (C=S) groups is 1. The van der Waals surface area contributed by atoms with Crippen LogP contribution in [0.2, 0.25) is 0 Å². The van der Waals surface area contributed by atoms with Crippen molar-refractivity contribution in [2.24, 2.45) is 0 Å². The van der Waals surface area contributed by atoms with Crippen LogP contribution < -0.4 is 15.4 Å². The summed E-state index contributed by atoms with van der Waals surface area (Å²) in [5.41, 5.74) is 5.71. The third-order valence-corrected chi connectivity index (χ3v) is 6.16. The van der Waals surface area contributed by atoms with Crippen LogP contribution in [-0.4, -0.2) is 23.1 Å². The first-order chi connectivity index (χ1) is 16.9. The number of aromatic nitrogens is 1. The summed E-state index contributed by atoms with van der Waals surface area (Å²) in [6.07, 6.45) is 0. The minimum atomic E-state index is -0.292. The molecule has 4 aromatic carbocycles. The molecular formula is C28H23N3O3S. The van der Waals surface area contributed by atoms with E-state index in [1.807, 2.05) is 74.5 Å². The van der Waals surface area contributed by atoms with Crippen LogP contribution in [0.25, 0.3) is 33.3 Å². The number of fused-ring (bicyclic) bond motifs is 2. The molecule has 0 unspecified atom stereocenters. The van der Waals surface area contributed by atoms with Gasteiger partial charge in [0.2, 0.25) is 5.89 Å². The van der Waals surface area contributed by atoms with E-state index in [0.717, 1.165) is 38.6 Å². The van der Waals surface area contributed by atoms with E-state index in [-0.39, 0.29) is 11.0 Å². The second kappa shape index (κ2) is 9.19. The number of amides is 1. The number of hydrogen-bond donors (Lipinski definition) is 2. The van der Waals surface area contributed by atoms with Crippen molar-refractivity contribution >= 4 is 50.8 Å². The number of nitrogens with one attached hydrogen (secondary N) is 2. The first-order valence-electron chi connectivity index (χ1n) is 11.1. The Balaban J connectivity index is 1.40. The lowest BCUT2D eigenvalue weighted by molar-refractivity contribution is 0.0979. The molecule has 0 fully saturated rings. The highest BCUT2D eigenvalue weighted by Gasteiger charge is 2.15. The van der Waals surface area contributed by atoms with Crippen molar-refractivity contribution in [1.82, 2.24) is 10.3 Å². The van der Waals surface area contributed by atoms with Crippen LogP contribution in [0, 0.1) is 13.8 Å². The number of hydrogen-bond acceptors (Lipinski definition) is 5. The average Bonchev–Trinajstić information content (AvgIpc) is 3.26. The highest BCUT2D eigenvalue weighted by atomic mass is 32.1. The number of ether oxygens (including phenoxy) is 1. The van der Waals surface area contributed by atoms with E-state index < -0.39 is 0 Å². The van der Waals surface area contributed by atoms with Crippen LogP contribution in [-0.2, 0) is 0 Å².